The Labute approximate surface area is 114 Å². The van der Waals surface area contributed by atoms with E-state index < -0.39 is 15.9 Å². The van der Waals surface area contributed by atoms with Gasteiger partial charge < -0.3 is 10.0 Å². The predicted octanol–water partition coefficient (Wildman–Crippen LogP) is 1.15. The third-order valence-corrected chi connectivity index (χ3v) is 5.13. The largest absolute Gasteiger partial charge is 0.387 e. The predicted molar refractivity (Wildman–Crippen MR) is 75.0 cm³/mol. The summed E-state index contributed by atoms with van der Waals surface area (Å²) in [6.07, 6.45) is 2.47. The Morgan fingerprint density at radius 2 is 2.16 bits per heavy atom. The SMILES string of the molecule is CC[C@@H](O)c1ccc(N2CCCS(=O)(=O)CC2)cn1. The molecule has 1 aliphatic heterocycles. The molecule has 0 spiro atoms. The fourth-order valence-electron chi connectivity index (χ4n) is 2.19. The fourth-order valence-corrected chi connectivity index (χ4v) is 3.46. The van der Waals surface area contributed by atoms with E-state index in [4.69, 9.17) is 0 Å². The van der Waals surface area contributed by atoms with E-state index in [1.54, 1.807) is 6.20 Å². The summed E-state index contributed by atoms with van der Waals surface area (Å²) in [4.78, 5) is 6.29. The Balaban J connectivity index is 2.10. The van der Waals surface area contributed by atoms with Crippen LogP contribution in [0.2, 0.25) is 0 Å². The van der Waals surface area contributed by atoms with Crippen molar-refractivity contribution in [1.82, 2.24) is 4.98 Å². The van der Waals surface area contributed by atoms with Crippen LogP contribution in [0, 0.1) is 0 Å². The first-order chi connectivity index (χ1) is 9.02. The number of nitrogens with zero attached hydrogens (tertiary/aromatic N) is 2. The highest BCUT2D eigenvalue weighted by Gasteiger charge is 2.19. The zero-order valence-corrected chi connectivity index (χ0v) is 11.9. The summed E-state index contributed by atoms with van der Waals surface area (Å²) in [5.41, 5.74) is 1.58. The highest BCUT2D eigenvalue weighted by Crippen LogP contribution is 2.20. The molecular formula is C13H20N2O3S. The molecule has 19 heavy (non-hydrogen) atoms. The van der Waals surface area contributed by atoms with Gasteiger partial charge in [-0.25, -0.2) is 8.42 Å². The topological polar surface area (TPSA) is 70.5 Å². The van der Waals surface area contributed by atoms with Gasteiger partial charge in [0.15, 0.2) is 9.84 Å². The molecule has 0 aromatic carbocycles. The summed E-state index contributed by atoms with van der Waals surface area (Å²) >= 11 is 0. The highest BCUT2D eigenvalue weighted by molar-refractivity contribution is 7.91. The quantitative estimate of drug-likeness (QED) is 0.901. The zero-order valence-electron chi connectivity index (χ0n) is 11.1. The third-order valence-electron chi connectivity index (χ3n) is 3.42. The van der Waals surface area contributed by atoms with Gasteiger partial charge in [0.1, 0.15) is 0 Å². The van der Waals surface area contributed by atoms with E-state index in [0.29, 0.717) is 25.1 Å². The van der Waals surface area contributed by atoms with Crippen molar-refractivity contribution in [2.75, 3.05) is 29.5 Å². The van der Waals surface area contributed by atoms with Crippen LogP contribution in [0.15, 0.2) is 18.3 Å². The number of sulfone groups is 1. The summed E-state index contributed by atoms with van der Waals surface area (Å²) in [6, 6.07) is 3.71. The lowest BCUT2D eigenvalue weighted by atomic mass is 10.2. The molecule has 0 bridgehead atoms. The zero-order chi connectivity index (χ0) is 13.9. The van der Waals surface area contributed by atoms with Crippen LogP contribution in [0.1, 0.15) is 31.6 Å². The molecule has 0 radical (unpaired) electrons. The second-order valence-electron chi connectivity index (χ2n) is 4.86. The molecule has 5 nitrogen and oxygen atoms in total. The minimum absolute atomic E-state index is 0.201. The van der Waals surface area contributed by atoms with E-state index in [2.05, 4.69) is 4.98 Å². The molecular weight excluding hydrogens is 264 g/mol. The maximum absolute atomic E-state index is 11.6. The lowest BCUT2D eigenvalue weighted by molar-refractivity contribution is 0.169. The van der Waals surface area contributed by atoms with Crippen molar-refractivity contribution in [3.63, 3.8) is 0 Å². The normalized spacial score (nSPS) is 20.8. The molecule has 1 saturated heterocycles. The van der Waals surface area contributed by atoms with Crippen molar-refractivity contribution in [2.24, 2.45) is 0 Å². The number of aliphatic hydroxyl groups excluding tert-OH is 1. The number of pyridine rings is 1. The Kier molecular flexibility index (Phi) is 4.42. The lowest BCUT2D eigenvalue weighted by Crippen LogP contribution is -2.26. The number of hydrogen-bond acceptors (Lipinski definition) is 5. The van der Waals surface area contributed by atoms with Crippen molar-refractivity contribution >= 4 is 15.5 Å². The third kappa shape index (κ3) is 3.67. The number of hydrogen-bond donors (Lipinski definition) is 1. The van der Waals surface area contributed by atoms with Crippen LogP contribution in [0.25, 0.3) is 0 Å². The van der Waals surface area contributed by atoms with E-state index in [1.807, 2.05) is 24.0 Å². The van der Waals surface area contributed by atoms with Gasteiger partial charge in [-0.1, -0.05) is 6.92 Å². The Bertz CT molecular complexity index is 513. The standard InChI is InChI=1S/C13H20N2O3S/c1-2-13(16)12-5-4-11(10-14-12)15-6-3-8-19(17,18)9-7-15/h4-5,10,13,16H,2-3,6-9H2,1H3/t13-/m1/s1. The van der Waals surface area contributed by atoms with Gasteiger partial charge in [0.25, 0.3) is 0 Å². The summed E-state index contributed by atoms with van der Waals surface area (Å²) in [5.74, 6) is 0.468. The Morgan fingerprint density at radius 1 is 1.37 bits per heavy atom. The number of anilines is 1. The first-order valence-corrected chi connectivity index (χ1v) is 8.43. The monoisotopic (exact) mass is 284 g/mol. The highest BCUT2D eigenvalue weighted by atomic mass is 32.2. The molecule has 106 valence electrons. The smallest absolute Gasteiger partial charge is 0.152 e. The lowest BCUT2D eigenvalue weighted by Gasteiger charge is -2.22. The van der Waals surface area contributed by atoms with Crippen LogP contribution in [0.3, 0.4) is 0 Å². The summed E-state index contributed by atoms with van der Waals surface area (Å²) in [6.45, 7) is 3.15. The molecule has 0 saturated carbocycles. The van der Waals surface area contributed by atoms with Crippen molar-refractivity contribution in [2.45, 2.75) is 25.9 Å². The van der Waals surface area contributed by atoms with Crippen molar-refractivity contribution in [3.8, 4) is 0 Å². The van der Waals surface area contributed by atoms with Crippen LogP contribution in [0.4, 0.5) is 5.69 Å². The number of aromatic nitrogens is 1. The second-order valence-corrected chi connectivity index (χ2v) is 7.16. The average Bonchev–Trinajstić information content (AvgIpc) is 2.59. The van der Waals surface area contributed by atoms with Crippen LogP contribution >= 0.6 is 0 Å². The summed E-state index contributed by atoms with van der Waals surface area (Å²) in [7, 11) is -2.89. The van der Waals surface area contributed by atoms with Crippen molar-refractivity contribution < 1.29 is 13.5 Å². The van der Waals surface area contributed by atoms with Crippen LogP contribution < -0.4 is 4.90 Å². The molecule has 2 rings (SSSR count). The van der Waals surface area contributed by atoms with Gasteiger partial charge in [-0.05, 0) is 25.0 Å². The summed E-state index contributed by atoms with van der Waals surface area (Å²) in [5, 5.41) is 9.69. The average molecular weight is 284 g/mol. The van der Waals surface area contributed by atoms with Gasteiger partial charge in [0.2, 0.25) is 0 Å². The van der Waals surface area contributed by atoms with E-state index in [1.165, 1.54) is 0 Å². The first kappa shape index (κ1) is 14.3. The molecule has 6 heteroatoms. The van der Waals surface area contributed by atoms with Crippen LogP contribution in [-0.4, -0.2) is 43.1 Å². The van der Waals surface area contributed by atoms with Gasteiger partial charge in [0, 0.05) is 13.1 Å². The molecule has 1 fully saturated rings. The van der Waals surface area contributed by atoms with Gasteiger partial charge in [-0.2, -0.15) is 0 Å². The number of rotatable bonds is 3. The van der Waals surface area contributed by atoms with E-state index in [-0.39, 0.29) is 11.5 Å². The molecule has 0 amide bonds. The van der Waals surface area contributed by atoms with E-state index >= 15 is 0 Å². The minimum atomic E-state index is -2.89. The Morgan fingerprint density at radius 3 is 2.79 bits per heavy atom. The molecule has 1 aromatic heterocycles. The first-order valence-electron chi connectivity index (χ1n) is 6.61. The minimum Gasteiger partial charge on any atom is -0.387 e. The molecule has 1 N–H and O–H groups in total. The maximum atomic E-state index is 11.6. The molecule has 2 heterocycles. The molecule has 0 unspecified atom stereocenters. The molecule has 1 aliphatic rings. The van der Waals surface area contributed by atoms with Crippen LogP contribution in [-0.2, 0) is 9.84 Å². The van der Waals surface area contributed by atoms with Crippen LogP contribution in [0.5, 0.6) is 0 Å². The maximum Gasteiger partial charge on any atom is 0.152 e. The van der Waals surface area contributed by atoms with E-state index in [9.17, 15) is 13.5 Å². The molecule has 1 atom stereocenters. The van der Waals surface area contributed by atoms with Gasteiger partial charge in [-0.3, -0.25) is 4.98 Å². The van der Waals surface area contributed by atoms with Gasteiger partial charge in [-0.15, -0.1) is 0 Å². The summed E-state index contributed by atoms with van der Waals surface area (Å²) < 4.78 is 23.1. The number of aliphatic hydroxyl groups is 1. The second kappa shape index (κ2) is 5.88. The molecule has 1 aromatic rings. The van der Waals surface area contributed by atoms with Crippen molar-refractivity contribution in [3.05, 3.63) is 24.0 Å². The van der Waals surface area contributed by atoms with Gasteiger partial charge in [0.05, 0.1) is 35.2 Å². The fraction of sp³-hybridized carbons (Fsp3) is 0.615. The van der Waals surface area contributed by atoms with Gasteiger partial charge >= 0.3 is 0 Å². The van der Waals surface area contributed by atoms with Crippen molar-refractivity contribution in [1.29, 1.82) is 0 Å². The molecule has 0 aliphatic carbocycles. The van der Waals surface area contributed by atoms with E-state index in [0.717, 1.165) is 12.2 Å². The Hall–Kier alpha value is -1.14.